The van der Waals surface area contributed by atoms with E-state index in [0.29, 0.717) is 39.4 Å². The van der Waals surface area contributed by atoms with Crippen molar-refractivity contribution in [3.8, 4) is 0 Å². The smallest absolute Gasteiger partial charge is 0.256 e. The predicted octanol–water partition coefficient (Wildman–Crippen LogP) is 4.60. The molecule has 1 heterocycles. The lowest BCUT2D eigenvalue weighted by Crippen LogP contribution is -2.29. The third-order valence-electron chi connectivity index (χ3n) is 3.37. The Labute approximate surface area is 148 Å². The zero-order chi connectivity index (χ0) is 16.4. The average Bonchev–Trinajstić information content (AvgIpc) is 2.99. The second-order valence-electron chi connectivity index (χ2n) is 4.98. The number of carbonyl (C=O) groups is 1. The van der Waals surface area contributed by atoms with Crippen molar-refractivity contribution in [2.75, 3.05) is 11.6 Å². The molecular formula is C16H12Cl3N3O. The molecule has 7 heteroatoms. The molecule has 0 aliphatic carbocycles. The maximum absolute atomic E-state index is 12.2. The number of benzene rings is 2. The monoisotopic (exact) mass is 367 g/mol. The summed E-state index contributed by atoms with van der Waals surface area (Å²) >= 11 is 17.7. The molecule has 4 nitrogen and oxygen atoms in total. The van der Waals surface area contributed by atoms with E-state index in [0.717, 1.165) is 5.69 Å². The number of anilines is 1. The lowest BCUT2D eigenvalue weighted by atomic mass is 10.2. The van der Waals surface area contributed by atoms with Crippen molar-refractivity contribution in [1.82, 2.24) is 5.32 Å². The van der Waals surface area contributed by atoms with Gasteiger partial charge in [0.2, 0.25) is 0 Å². The predicted molar refractivity (Wildman–Crippen MR) is 94.8 cm³/mol. The quantitative estimate of drug-likeness (QED) is 0.842. The molecule has 1 aliphatic heterocycles. The van der Waals surface area contributed by atoms with Crippen molar-refractivity contribution in [2.45, 2.75) is 6.42 Å². The number of carbonyl (C=O) groups excluding carboxylic acids is 1. The zero-order valence-electron chi connectivity index (χ0n) is 11.9. The SMILES string of the molecule is O=C(NC1=NN(c2ccc(Cl)c(Cl)c2)CC1)c1ccc(Cl)cc1. The number of hydrogen-bond donors (Lipinski definition) is 1. The van der Waals surface area contributed by atoms with Crippen LogP contribution in [-0.4, -0.2) is 18.3 Å². The van der Waals surface area contributed by atoms with Gasteiger partial charge in [0.25, 0.3) is 5.91 Å². The van der Waals surface area contributed by atoms with E-state index >= 15 is 0 Å². The highest BCUT2D eigenvalue weighted by Gasteiger charge is 2.19. The molecule has 0 saturated carbocycles. The van der Waals surface area contributed by atoms with Gasteiger partial charge in [0.15, 0.2) is 0 Å². The Morgan fingerprint density at radius 3 is 2.48 bits per heavy atom. The number of nitrogens with zero attached hydrogens (tertiary/aromatic N) is 2. The highest BCUT2D eigenvalue weighted by Crippen LogP contribution is 2.28. The molecule has 1 amide bonds. The molecule has 3 rings (SSSR count). The third kappa shape index (κ3) is 3.78. The number of nitrogens with one attached hydrogen (secondary N) is 1. The zero-order valence-corrected chi connectivity index (χ0v) is 14.2. The minimum Gasteiger partial charge on any atom is -0.309 e. The summed E-state index contributed by atoms with van der Waals surface area (Å²) in [6.45, 7) is 0.661. The first-order valence-electron chi connectivity index (χ1n) is 6.90. The molecule has 0 unspecified atom stereocenters. The highest BCUT2D eigenvalue weighted by atomic mass is 35.5. The molecule has 0 saturated heterocycles. The van der Waals surface area contributed by atoms with Crippen LogP contribution in [0.25, 0.3) is 0 Å². The second-order valence-corrected chi connectivity index (χ2v) is 6.23. The minimum absolute atomic E-state index is 0.212. The van der Waals surface area contributed by atoms with Gasteiger partial charge in [0.05, 0.1) is 15.7 Å². The van der Waals surface area contributed by atoms with Crippen LogP contribution in [0.3, 0.4) is 0 Å². The summed E-state index contributed by atoms with van der Waals surface area (Å²) in [5, 5.41) is 10.5. The maximum Gasteiger partial charge on any atom is 0.256 e. The number of halogens is 3. The van der Waals surface area contributed by atoms with Gasteiger partial charge in [-0.1, -0.05) is 34.8 Å². The summed E-state index contributed by atoms with van der Waals surface area (Å²) in [4.78, 5) is 12.2. The fourth-order valence-corrected chi connectivity index (χ4v) is 2.60. The Morgan fingerprint density at radius 1 is 1.04 bits per heavy atom. The van der Waals surface area contributed by atoms with Crippen LogP contribution >= 0.6 is 34.8 Å². The molecule has 0 spiro atoms. The van der Waals surface area contributed by atoms with Gasteiger partial charge in [-0.15, -0.1) is 0 Å². The van der Waals surface area contributed by atoms with Gasteiger partial charge < -0.3 is 5.32 Å². The van der Waals surface area contributed by atoms with Gasteiger partial charge in [-0.25, -0.2) is 0 Å². The lowest BCUT2D eigenvalue weighted by molar-refractivity contribution is 0.0976. The van der Waals surface area contributed by atoms with E-state index in [-0.39, 0.29) is 5.91 Å². The van der Waals surface area contributed by atoms with Crippen LogP contribution in [0.1, 0.15) is 16.8 Å². The van der Waals surface area contributed by atoms with Gasteiger partial charge in [-0.2, -0.15) is 5.10 Å². The minimum atomic E-state index is -0.212. The van der Waals surface area contributed by atoms with E-state index in [9.17, 15) is 4.79 Å². The van der Waals surface area contributed by atoms with E-state index in [1.807, 2.05) is 6.07 Å². The van der Waals surface area contributed by atoms with Crippen LogP contribution in [0.15, 0.2) is 47.6 Å². The van der Waals surface area contributed by atoms with Crippen molar-refractivity contribution in [1.29, 1.82) is 0 Å². The molecule has 0 bridgehead atoms. The summed E-state index contributed by atoms with van der Waals surface area (Å²) in [5.74, 6) is 0.396. The van der Waals surface area contributed by atoms with Crippen LogP contribution in [0.4, 0.5) is 5.69 Å². The molecule has 23 heavy (non-hydrogen) atoms. The molecule has 0 radical (unpaired) electrons. The highest BCUT2D eigenvalue weighted by molar-refractivity contribution is 6.42. The van der Waals surface area contributed by atoms with Gasteiger partial charge >= 0.3 is 0 Å². The van der Waals surface area contributed by atoms with Crippen molar-refractivity contribution < 1.29 is 4.79 Å². The number of amides is 1. The van der Waals surface area contributed by atoms with Crippen LogP contribution in [-0.2, 0) is 0 Å². The molecule has 0 aromatic heterocycles. The number of rotatable bonds is 2. The van der Waals surface area contributed by atoms with Gasteiger partial charge in [0.1, 0.15) is 5.84 Å². The fourth-order valence-electron chi connectivity index (χ4n) is 2.18. The maximum atomic E-state index is 12.2. The van der Waals surface area contributed by atoms with E-state index in [2.05, 4.69) is 10.4 Å². The van der Waals surface area contributed by atoms with Crippen LogP contribution in [0.5, 0.6) is 0 Å². The van der Waals surface area contributed by atoms with E-state index in [1.165, 1.54) is 0 Å². The molecule has 0 atom stereocenters. The van der Waals surface area contributed by atoms with Crippen molar-refractivity contribution in [3.05, 3.63) is 63.1 Å². The van der Waals surface area contributed by atoms with Crippen LogP contribution in [0.2, 0.25) is 15.1 Å². The largest absolute Gasteiger partial charge is 0.309 e. The van der Waals surface area contributed by atoms with E-state index in [4.69, 9.17) is 34.8 Å². The Hall–Kier alpha value is -1.75. The van der Waals surface area contributed by atoms with Crippen molar-refractivity contribution >= 4 is 52.2 Å². The summed E-state index contributed by atoms with van der Waals surface area (Å²) in [6, 6.07) is 12.0. The number of hydrogen-bond acceptors (Lipinski definition) is 3. The van der Waals surface area contributed by atoms with Crippen LogP contribution in [0, 0.1) is 0 Å². The lowest BCUT2D eigenvalue weighted by Gasteiger charge is -2.13. The second kappa shape index (κ2) is 6.79. The Bertz CT molecular complexity index is 775. The molecule has 1 N–H and O–H groups in total. The first kappa shape index (κ1) is 16.1. The molecule has 0 fully saturated rings. The molecule has 1 aliphatic rings. The standard InChI is InChI=1S/C16H12Cl3N3O/c17-11-3-1-10(2-4-11)16(23)20-15-7-8-22(21-15)12-5-6-13(18)14(19)9-12/h1-6,9H,7-8H2,(H,20,21,23). The number of hydrazone groups is 1. The van der Waals surface area contributed by atoms with Crippen molar-refractivity contribution in [3.63, 3.8) is 0 Å². The molecule has 118 valence electrons. The van der Waals surface area contributed by atoms with Crippen molar-refractivity contribution in [2.24, 2.45) is 5.10 Å². The summed E-state index contributed by atoms with van der Waals surface area (Å²) in [6.07, 6.45) is 0.638. The summed E-state index contributed by atoms with van der Waals surface area (Å²) in [5.41, 5.74) is 1.36. The Morgan fingerprint density at radius 2 is 1.78 bits per heavy atom. The molecule has 2 aromatic carbocycles. The van der Waals surface area contributed by atoms with Crippen LogP contribution < -0.4 is 10.3 Å². The molecule has 2 aromatic rings. The summed E-state index contributed by atoms with van der Waals surface area (Å²) in [7, 11) is 0. The Balaban J connectivity index is 1.71. The van der Waals surface area contributed by atoms with E-state index in [1.54, 1.807) is 41.4 Å². The average molecular weight is 369 g/mol. The topological polar surface area (TPSA) is 44.7 Å². The fraction of sp³-hybridized carbons (Fsp3) is 0.125. The Kier molecular flexibility index (Phi) is 4.76. The van der Waals surface area contributed by atoms with E-state index < -0.39 is 0 Å². The van der Waals surface area contributed by atoms with Gasteiger partial charge in [-0.3, -0.25) is 9.80 Å². The van der Waals surface area contributed by atoms with Gasteiger partial charge in [-0.05, 0) is 42.5 Å². The normalized spacial score (nSPS) is 13.9. The summed E-state index contributed by atoms with van der Waals surface area (Å²) < 4.78 is 0. The first-order valence-corrected chi connectivity index (χ1v) is 8.03. The molecular weight excluding hydrogens is 357 g/mol. The third-order valence-corrected chi connectivity index (χ3v) is 4.36. The number of amidine groups is 1. The van der Waals surface area contributed by atoms with Gasteiger partial charge in [0, 0.05) is 23.6 Å². The first-order chi connectivity index (χ1) is 11.0.